The molecule has 0 bridgehead atoms. The number of fused-ring (bicyclic) bond motifs is 1. The zero-order chi connectivity index (χ0) is 23.3. The molecule has 0 aliphatic carbocycles. The van der Waals surface area contributed by atoms with Crippen LogP contribution in [-0.4, -0.2) is 37.9 Å². The van der Waals surface area contributed by atoms with Crippen LogP contribution in [0.1, 0.15) is 37.6 Å². The molecule has 1 aliphatic heterocycles. The number of aliphatic imine (C=N–C) groups is 1. The SMILES string of the molecule is CNS1(O)C[C@@](C)(c2cc(Cc3nccc4cc(Br)cnc34)ccc2F)N=C(N)C1(C)C. The zero-order valence-electron chi connectivity index (χ0n) is 18.5. The molecule has 32 heavy (non-hydrogen) atoms. The molecule has 3 heterocycles. The molecular formula is C23H27BrFN5OS. The number of nitrogens with one attached hydrogen (secondary N) is 1. The number of hydrogen-bond acceptors (Lipinski definition) is 6. The Bertz CT molecular complexity index is 1240. The number of amidine groups is 1. The maximum Gasteiger partial charge on any atom is 0.128 e. The molecular weight excluding hydrogens is 493 g/mol. The first-order valence-corrected chi connectivity index (χ1v) is 12.8. The van der Waals surface area contributed by atoms with Crippen molar-refractivity contribution in [1.82, 2.24) is 14.7 Å². The molecule has 0 saturated carbocycles. The highest BCUT2D eigenvalue weighted by Crippen LogP contribution is 2.59. The molecule has 4 N–H and O–H groups in total. The number of halogens is 2. The van der Waals surface area contributed by atoms with Gasteiger partial charge in [-0.15, -0.1) is 0 Å². The van der Waals surface area contributed by atoms with Crippen LogP contribution in [0.25, 0.3) is 10.9 Å². The summed E-state index contributed by atoms with van der Waals surface area (Å²) < 4.78 is 29.7. The number of benzene rings is 1. The van der Waals surface area contributed by atoms with Crippen LogP contribution in [0, 0.1) is 5.82 Å². The highest BCUT2D eigenvalue weighted by Gasteiger charge is 2.51. The largest absolute Gasteiger partial charge is 0.386 e. The summed E-state index contributed by atoms with van der Waals surface area (Å²) in [6, 6.07) is 8.91. The minimum absolute atomic E-state index is 0.257. The maximum absolute atomic E-state index is 15.1. The van der Waals surface area contributed by atoms with Crippen molar-refractivity contribution in [3.63, 3.8) is 0 Å². The van der Waals surface area contributed by atoms with Crippen LogP contribution in [0.2, 0.25) is 0 Å². The van der Waals surface area contributed by atoms with Crippen LogP contribution in [0.3, 0.4) is 0 Å². The Kier molecular flexibility index (Phi) is 5.82. The number of aromatic nitrogens is 2. The van der Waals surface area contributed by atoms with Crippen molar-refractivity contribution in [3.8, 4) is 0 Å². The predicted octanol–water partition coefficient (Wildman–Crippen LogP) is 4.90. The fourth-order valence-electron chi connectivity index (χ4n) is 4.17. The quantitative estimate of drug-likeness (QED) is 0.455. The molecule has 1 unspecified atom stereocenters. The number of nitrogens with zero attached hydrogens (tertiary/aromatic N) is 3. The van der Waals surface area contributed by atoms with Crippen LogP contribution in [0.4, 0.5) is 4.39 Å². The molecule has 0 fully saturated rings. The van der Waals surface area contributed by atoms with Crippen molar-refractivity contribution < 1.29 is 8.94 Å². The molecule has 3 aromatic rings. The Balaban J connectivity index is 1.77. The summed E-state index contributed by atoms with van der Waals surface area (Å²) in [5.74, 6) is 0.193. The van der Waals surface area contributed by atoms with Gasteiger partial charge in [-0.2, -0.15) is 0 Å². The smallest absolute Gasteiger partial charge is 0.128 e. The Hall–Kier alpha value is -2.07. The van der Waals surface area contributed by atoms with E-state index in [0.717, 1.165) is 26.6 Å². The Morgan fingerprint density at radius 3 is 2.69 bits per heavy atom. The third-order valence-electron chi connectivity index (χ3n) is 6.28. The first-order chi connectivity index (χ1) is 15.0. The van der Waals surface area contributed by atoms with E-state index in [2.05, 4.69) is 30.6 Å². The van der Waals surface area contributed by atoms with E-state index in [-0.39, 0.29) is 11.6 Å². The first kappa shape index (κ1) is 23.1. The van der Waals surface area contributed by atoms with E-state index in [1.54, 1.807) is 31.6 Å². The lowest BCUT2D eigenvalue weighted by molar-refractivity contribution is 0.472. The van der Waals surface area contributed by atoms with Gasteiger partial charge in [0.05, 0.1) is 21.5 Å². The number of nitrogens with two attached hydrogens (primary N) is 1. The molecule has 1 aromatic carbocycles. The zero-order valence-corrected chi connectivity index (χ0v) is 20.9. The van der Waals surface area contributed by atoms with E-state index in [1.165, 1.54) is 6.07 Å². The highest BCUT2D eigenvalue weighted by molar-refractivity contribution is 9.10. The van der Waals surface area contributed by atoms with Crippen LogP contribution in [-0.2, 0) is 12.0 Å². The van der Waals surface area contributed by atoms with Crippen molar-refractivity contribution in [2.75, 3.05) is 12.8 Å². The van der Waals surface area contributed by atoms with Gasteiger partial charge in [-0.1, -0.05) is 22.6 Å². The molecule has 4 rings (SSSR count). The number of pyridine rings is 2. The van der Waals surface area contributed by atoms with Gasteiger partial charge in [0, 0.05) is 40.0 Å². The van der Waals surface area contributed by atoms with Gasteiger partial charge in [-0.3, -0.25) is 19.7 Å². The highest BCUT2D eigenvalue weighted by atomic mass is 79.9. The molecule has 6 nitrogen and oxygen atoms in total. The Morgan fingerprint density at radius 2 is 1.97 bits per heavy atom. The van der Waals surface area contributed by atoms with Gasteiger partial charge < -0.3 is 10.3 Å². The topological polar surface area (TPSA) is 96.4 Å². The minimum atomic E-state index is -2.38. The summed E-state index contributed by atoms with van der Waals surface area (Å²) in [4.78, 5) is 13.7. The fourth-order valence-corrected chi connectivity index (χ4v) is 6.96. The van der Waals surface area contributed by atoms with Crippen molar-refractivity contribution in [1.29, 1.82) is 0 Å². The van der Waals surface area contributed by atoms with E-state index in [9.17, 15) is 4.55 Å². The molecule has 9 heteroatoms. The van der Waals surface area contributed by atoms with E-state index < -0.39 is 20.8 Å². The van der Waals surface area contributed by atoms with Crippen molar-refractivity contribution >= 4 is 43.2 Å². The van der Waals surface area contributed by atoms with Crippen molar-refractivity contribution in [2.24, 2.45) is 10.7 Å². The predicted molar refractivity (Wildman–Crippen MR) is 134 cm³/mol. The second-order valence-electron chi connectivity index (χ2n) is 8.81. The summed E-state index contributed by atoms with van der Waals surface area (Å²) in [5, 5.41) is 0.980. The van der Waals surface area contributed by atoms with E-state index >= 15 is 4.39 Å². The monoisotopic (exact) mass is 519 g/mol. The summed E-state index contributed by atoms with van der Waals surface area (Å²) in [6.07, 6.45) is 3.98. The van der Waals surface area contributed by atoms with Gasteiger partial charge in [-0.05, 0) is 67.5 Å². The Labute approximate surface area is 197 Å². The molecule has 170 valence electrons. The summed E-state index contributed by atoms with van der Waals surface area (Å²) in [7, 11) is -0.673. The lowest BCUT2D eigenvalue weighted by Gasteiger charge is -2.53. The molecule has 0 radical (unpaired) electrons. The third-order valence-corrected chi connectivity index (χ3v) is 10.3. The normalized spacial score (nSPS) is 27.0. The van der Waals surface area contributed by atoms with E-state index in [4.69, 9.17) is 10.7 Å². The molecule has 0 spiro atoms. The lowest BCUT2D eigenvalue weighted by atomic mass is 9.91. The van der Waals surface area contributed by atoms with Gasteiger partial charge in [0.1, 0.15) is 11.7 Å². The number of rotatable bonds is 4. The van der Waals surface area contributed by atoms with Crippen molar-refractivity contribution in [3.05, 3.63) is 69.8 Å². The van der Waals surface area contributed by atoms with Gasteiger partial charge >= 0.3 is 0 Å². The third kappa shape index (κ3) is 3.81. The van der Waals surface area contributed by atoms with Crippen LogP contribution in [0.5, 0.6) is 0 Å². The molecule has 2 aromatic heterocycles. The van der Waals surface area contributed by atoms with E-state index in [1.807, 2.05) is 32.9 Å². The van der Waals surface area contributed by atoms with E-state index in [0.29, 0.717) is 17.8 Å². The average Bonchev–Trinajstić information content (AvgIpc) is 2.73. The first-order valence-electron chi connectivity index (χ1n) is 10.2. The average molecular weight is 520 g/mol. The summed E-state index contributed by atoms with van der Waals surface area (Å²) >= 11 is 3.45. The van der Waals surface area contributed by atoms with Crippen molar-refractivity contribution in [2.45, 2.75) is 37.5 Å². The second-order valence-corrected chi connectivity index (χ2v) is 12.8. The lowest BCUT2D eigenvalue weighted by Crippen LogP contribution is -2.55. The van der Waals surface area contributed by atoms with Gasteiger partial charge in [0.15, 0.2) is 0 Å². The fraction of sp³-hybridized carbons (Fsp3) is 0.348. The Morgan fingerprint density at radius 1 is 1.22 bits per heavy atom. The summed E-state index contributed by atoms with van der Waals surface area (Å²) in [5.41, 5.74) is 8.20. The van der Waals surface area contributed by atoms with Crippen LogP contribution in [0.15, 0.2) is 52.2 Å². The molecule has 0 saturated heterocycles. The molecule has 0 amide bonds. The van der Waals surface area contributed by atoms with Crippen LogP contribution < -0.4 is 10.5 Å². The van der Waals surface area contributed by atoms with Gasteiger partial charge in [0.2, 0.25) is 0 Å². The summed E-state index contributed by atoms with van der Waals surface area (Å²) in [6.45, 7) is 5.55. The molecule has 1 aliphatic rings. The maximum atomic E-state index is 15.1. The van der Waals surface area contributed by atoms with Crippen LogP contribution >= 0.6 is 26.4 Å². The minimum Gasteiger partial charge on any atom is -0.386 e. The van der Waals surface area contributed by atoms with Gasteiger partial charge in [-0.25, -0.2) is 4.39 Å². The second kappa shape index (κ2) is 8.06. The standard InChI is InChI=1S/C23H27BrFN5OS/c1-22(2)21(26)30-23(3,13-32(22,31)27-4)17-9-14(5-6-18(17)25)10-19-20-15(7-8-28-19)11-16(24)12-29-20/h5-9,11-12,27,31H,10,13H2,1-4H3,(H2,26,30)/t23-/m0/s1. The molecule has 2 atom stereocenters. The number of hydrogen-bond donors (Lipinski definition) is 3. The van der Waals surface area contributed by atoms with Gasteiger partial charge in [0.25, 0.3) is 0 Å².